The summed E-state index contributed by atoms with van der Waals surface area (Å²) in [5.74, 6) is -3.50. The van der Waals surface area contributed by atoms with E-state index in [1.165, 1.54) is 30.9 Å². The number of nitrogens with two attached hydrogens (primary N) is 1. The Balaban J connectivity index is 1.31. The number of fused-ring (bicyclic) bond motifs is 1. The number of esters is 1. The molecule has 0 radical (unpaired) electrons. The lowest BCUT2D eigenvalue weighted by Crippen LogP contribution is -2.54. The molecule has 2 heterocycles. The molecule has 2 aromatic carbocycles. The SMILES string of the molecule is CC(=O)Oc1ccccc1C(=O)N[C@@H](C)C(=O)N1CCC[C@H]1C(=O)NCC(=O)N[C@@H](Cc1c[nH]c2ccccc12)C(N)=O. The maximum absolute atomic E-state index is 13.2. The summed E-state index contributed by atoms with van der Waals surface area (Å²) in [4.78, 5) is 79.6. The second kappa shape index (κ2) is 13.6. The topological polar surface area (TPSA) is 193 Å². The van der Waals surface area contributed by atoms with Gasteiger partial charge in [-0.1, -0.05) is 30.3 Å². The highest BCUT2D eigenvalue weighted by Gasteiger charge is 2.36. The molecule has 0 unspecified atom stereocenters. The van der Waals surface area contributed by atoms with E-state index in [1.807, 2.05) is 24.3 Å². The van der Waals surface area contributed by atoms with Crippen molar-refractivity contribution in [3.8, 4) is 5.75 Å². The van der Waals surface area contributed by atoms with Crippen LogP contribution in [-0.4, -0.2) is 76.6 Å². The lowest BCUT2D eigenvalue weighted by molar-refractivity contribution is -0.140. The third kappa shape index (κ3) is 7.56. The number of primary amides is 1. The molecule has 6 N–H and O–H groups in total. The summed E-state index contributed by atoms with van der Waals surface area (Å²) in [5.41, 5.74) is 7.31. The van der Waals surface area contributed by atoms with Gasteiger partial charge in [0.05, 0.1) is 12.1 Å². The summed E-state index contributed by atoms with van der Waals surface area (Å²) in [6, 6.07) is 10.8. The number of hydrogen-bond donors (Lipinski definition) is 5. The molecule has 5 amide bonds. The van der Waals surface area contributed by atoms with E-state index in [2.05, 4.69) is 20.9 Å². The Labute approximate surface area is 247 Å². The lowest BCUT2D eigenvalue weighted by Gasteiger charge is -2.27. The molecule has 13 nitrogen and oxygen atoms in total. The molecule has 3 aromatic rings. The molecule has 3 atom stereocenters. The van der Waals surface area contributed by atoms with Gasteiger partial charge in [0, 0.05) is 37.0 Å². The van der Waals surface area contributed by atoms with Gasteiger partial charge in [-0.25, -0.2) is 0 Å². The van der Waals surface area contributed by atoms with E-state index in [1.54, 1.807) is 18.3 Å². The zero-order valence-corrected chi connectivity index (χ0v) is 23.8. The van der Waals surface area contributed by atoms with Gasteiger partial charge in [-0.15, -0.1) is 0 Å². The Kier molecular flexibility index (Phi) is 9.76. The standard InChI is InChI=1S/C30H34N6O7/c1-17(34-28(40)21-9-4-6-12-25(21)43-18(2)37)30(42)36-13-7-11-24(36)29(41)33-16-26(38)35-23(27(31)39)14-19-15-32-22-10-5-3-8-20(19)22/h3-6,8-10,12,15,17,23-24,32H,7,11,13-14,16H2,1-2H3,(H2,31,39)(H,33,41)(H,34,40)(H,35,38)/t17-,23-,24-/m0/s1. The molecular formula is C30H34N6O7. The minimum atomic E-state index is -0.997. The maximum atomic E-state index is 13.2. The van der Waals surface area contributed by atoms with Gasteiger partial charge < -0.3 is 36.3 Å². The lowest BCUT2D eigenvalue weighted by atomic mass is 10.0. The number of benzene rings is 2. The molecule has 0 aliphatic carbocycles. The Hall–Kier alpha value is -5.20. The van der Waals surface area contributed by atoms with Gasteiger partial charge in [-0.05, 0) is 43.5 Å². The van der Waals surface area contributed by atoms with Crippen LogP contribution in [0.4, 0.5) is 0 Å². The second-order valence-corrected chi connectivity index (χ2v) is 10.3. The number of amides is 5. The number of nitrogens with one attached hydrogen (secondary N) is 4. The molecule has 13 heteroatoms. The average Bonchev–Trinajstić information content (AvgIpc) is 3.63. The van der Waals surface area contributed by atoms with E-state index in [9.17, 15) is 28.8 Å². The normalized spacial score (nSPS) is 15.8. The molecule has 43 heavy (non-hydrogen) atoms. The predicted octanol–water partition coefficient (Wildman–Crippen LogP) is 0.532. The van der Waals surface area contributed by atoms with Crippen LogP contribution >= 0.6 is 0 Å². The zero-order chi connectivity index (χ0) is 31.1. The van der Waals surface area contributed by atoms with Crippen molar-refractivity contribution in [2.24, 2.45) is 5.73 Å². The molecule has 1 saturated heterocycles. The number of carbonyl (C=O) groups is 6. The predicted molar refractivity (Wildman–Crippen MR) is 156 cm³/mol. The number of carbonyl (C=O) groups excluding carboxylic acids is 6. The Morgan fingerprint density at radius 3 is 2.51 bits per heavy atom. The van der Waals surface area contributed by atoms with Crippen molar-refractivity contribution in [3.05, 3.63) is 65.9 Å². The molecule has 226 valence electrons. The van der Waals surface area contributed by atoms with Crippen molar-refractivity contribution < 1.29 is 33.5 Å². The number of nitrogens with zero attached hydrogens (tertiary/aromatic N) is 1. The molecule has 0 spiro atoms. The van der Waals surface area contributed by atoms with Crippen LogP contribution in [0.5, 0.6) is 5.75 Å². The summed E-state index contributed by atoms with van der Waals surface area (Å²) in [6.45, 7) is 2.58. The number of aromatic nitrogens is 1. The van der Waals surface area contributed by atoms with Crippen LogP contribution in [0.1, 0.15) is 42.6 Å². The number of aromatic amines is 1. The van der Waals surface area contributed by atoms with Crippen LogP contribution in [0.3, 0.4) is 0 Å². The Morgan fingerprint density at radius 2 is 1.77 bits per heavy atom. The molecular weight excluding hydrogens is 556 g/mol. The summed E-state index contributed by atoms with van der Waals surface area (Å²) in [7, 11) is 0. The maximum Gasteiger partial charge on any atom is 0.308 e. The number of rotatable bonds is 11. The van der Waals surface area contributed by atoms with E-state index < -0.39 is 60.2 Å². The number of ether oxygens (including phenoxy) is 1. The first-order valence-electron chi connectivity index (χ1n) is 13.8. The van der Waals surface area contributed by atoms with Gasteiger partial charge in [0.15, 0.2) is 0 Å². The highest BCUT2D eigenvalue weighted by molar-refractivity contribution is 6.01. The first-order chi connectivity index (χ1) is 20.5. The van der Waals surface area contributed by atoms with Gasteiger partial charge in [0.1, 0.15) is 23.9 Å². The monoisotopic (exact) mass is 590 g/mol. The Bertz CT molecular complexity index is 1550. The largest absolute Gasteiger partial charge is 0.426 e. The first-order valence-corrected chi connectivity index (χ1v) is 13.8. The summed E-state index contributed by atoms with van der Waals surface area (Å²) in [5, 5.41) is 8.60. The van der Waals surface area contributed by atoms with Crippen LogP contribution in [0.2, 0.25) is 0 Å². The second-order valence-electron chi connectivity index (χ2n) is 10.3. The smallest absolute Gasteiger partial charge is 0.308 e. The average molecular weight is 591 g/mol. The number of hydrogen-bond acceptors (Lipinski definition) is 7. The van der Waals surface area contributed by atoms with E-state index in [-0.39, 0.29) is 17.7 Å². The first kappa shape index (κ1) is 30.8. The van der Waals surface area contributed by atoms with Crippen molar-refractivity contribution >= 4 is 46.4 Å². The van der Waals surface area contributed by atoms with Gasteiger partial charge in [-0.3, -0.25) is 28.8 Å². The van der Waals surface area contributed by atoms with Gasteiger partial charge >= 0.3 is 5.97 Å². The van der Waals surface area contributed by atoms with Crippen molar-refractivity contribution in [2.45, 2.75) is 51.2 Å². The molecule has 1 fully saturated rings. The van der Waals surface area contributed by atoms with E-state index in [0.717, 1.165) is 16.5 Å². The molecule has 1 aliphatic rings. The highest BCUT2D eigenvalue weighted by Crippen LogP contribution is 2.21. The minimum Gasteiger partial charge on any atom is -0.426 e. The van der Waals surface area contributed by atoms with Crippen LogP contribution in [-0.2, 0) is 30.4 Å². The van der Waals surface area contributed by atoms with E-state index in [4.69, 9.17) is 10.5 Å². The molecule has 0 saturated carbocycles. The number of H-pyrrole nitrogens is 1. The van der Waals surface area contributed by atoms with Gasteiger partial charge in [0.2, 0.25) is 23.6 Å². The van der Waals surface area contributed by atoms with Crippen LogP contribution < -0.4 is 26.4 Å². The summed E-state index contributed by atoms with van der Waals surface area (Å²) >= 11 is 0. The van der Waals surface area contributed by atoms with E-state index in [0.29, 0.717) is 19.4 Å². The third-order valence-electron chi connectivity index (χ3n) is 7.14. The van der Waals surface area contributed by atoms with Crippen molar-refractivity contribution in [2.75, 3.05) is 13.1 Å². The molecule has 1 aromatic heterocycles. The van der Waals surface area contributed by atoms with Crippen molar-refractivity contribution in [3.63, 3.8) is 0 Å². The van der Waals surface area contributed by atoms with E-state index >= 15 is 0 Å². The van der Waals surface area contributed by atoms with Gasteiger partial charge in [-0.2, -0.15) is 0 Å². The quantitative estimate of drug-likeness (QED) is 0.159. The Morgan fingerprint density at radius 1 is 1.05 bits per heavy atom. The fraction of sp³-hybridized carbons (Fsp3) is 0.333. The summed E-state index contributed by atoms with van der Waals surface area (Å²) < 4.78 is 5.08. The fourth-order valence-electron chi connectivity index (χ4n) is 5.06. The number of para-hydroxylation sites is 2. The van der Waals surface area contributed by atoms with Crippen LogP contribution in [0.25, 0.3) is 10.9 Å². The highest BCUT2D eigenvalue weighted by atomic mass is 16.5. The van der Waals surface area contributed by atoms with Crippen molar-refractivity contribution in [1.29, 1.82) is 0 Å². The van der Waals surface area contributed by atoms with Crippen LogP contribution in [0.15, 0.2) is 54.7 Å². The van der Waals surface area contributed by atoms with Crippen LogP contribution in [0, 0.1) is 0 Å². The zero-order valence-electron chi connectivity index (χ0n) is 23.8. The molecule has 0 bridgehead atoms. The fourth-order valence-corrected chi connectivity index (χ4v) is 5.06. The third-order valence-corrected chi connectivity index (χ3v) is 7.14. The van der Waals surface area contributed by atoms with Gasteiger partial charge in [0.25, 0.3) is 5.91 Å². The minimum absolute atomic E-state index is 0.0591. The molecule has 1 aliphatic heterocycles. The number of likely N-dealkylation sites (tertiary alicyclic amines) is 1. The molecule has 4 rings (SSSR count). The van der Waals surface area contributed by atoms with Crippen molar-refractivity contribution in [1.82, 2.24) is 25.8 Å². The summed E-state index contributed by atoms with van der Waals surface area (Å²) in [6.07, 6.45) is 2.85.